The third kappa shape index (κ3) is 5.74. The number of hydrogen-bond donors (Lipinski definition) is 2. The highest BCUT2D eigenvalue weighted by Crippen LogP contribution is 2.25. The number of rotatable bonds is 7. The molecule has 0 amide bonds. The maximum atomic E-state index is 14.0. The molecule has 2 atom stereocenters. The van der Waals surface area contributed by atoms with E-state index in [2.05, 4.69) is 25.1 Å². The lowest BCUT2D eigenvalue weighted by Crippen LogP contribution is -2.31. The fourth-order valence-electron chi connectivity index (χ4n) is 2.60. The normalized spacial score (nSPS) is 14.2. The van der Waals surface area contributed by atoms with Gasteiger partial charge in [0.1, 0.15) is 28.6 Å². The molecular weight excluding hydrogens is 460 g/mol. The van der Waals surface area contributed by atoms with Gasteiger partial charge in [0.15, 0.2) is 0 Å². The van der Waals surface area contributed by atoms with E-state index in [4.69, 9.17) is 5.14 Å². The minimum Gasteiger partial charge on any atom is -0.406 e. The molecule has 0 spiro atoms. The standard InChI is InChI=1S/C17H16F4N6O4S/c1-9(32(22,29)30)15(28)13-3-2-4-14(23-13)16-24-26-27(25-16)8-10-7-11(5-6-12(10)18)31-17(19,20)21/h2-7,9,15,28H,8H2,1H3,(H2,22,29,30). The second-order valence-corrected chi connectivity index (χ2v) is 8.55. The van der Waals surface area contributed by atoms with Crippen LogP contribution in [0.5, 0.6) is 5.75 Å². The molecule has 0 saturated heterocycles. The molecule has 0 aliphatic rings. The van der Waals surface area contributed by atoms with Gasteiger partial charge in [0.25, 0.3) is 0 Å². The van der Waals surface area contributed by atoms with E-state index < -0.39 is 39.3 Å². The number of aromatic nitrogens is 5. The molecule has 15 heteroatoms. The molecule has 32 heavy (non-hydrogen) atoms. The number of tetrazole rings is 1. The number of aliphatic hydroxyl groups is 1. The lowest BCUT2D eigenvalue weighted by atomic mass is 10.1. The largest absolute Gasteiger partial charge is 0.573 e. The summed E-state index contributed by atoms with van der Waals surface area (Å²) in [5.74, 6) is -1.47. The molecule has 0 aliphatic heterocycles. The Morgan fingerprint density at radius 1 is 1.25 bits per heavy atom. The molecule has 3 aromatic rings. The number of benzene rings is 1. The number of pyridine rings is 1. The number of nitrogens with zero attached hydrogens (tertiary/aromatic N) is 5. The van der Waals surface area contributed by atoms with Crippen molar-refractivity contribution in [2.45, 2.75) is 31.2 Å². The summed E-state index contributed by atoms with van der Waals surface area (Å²) in [5.41, 5.74) is -0.0812. The van der Waals surface area contributed by atoms with Crippen LogP contribution in [-0.4, -0.2) is 50.3 Å². The minimum absolute atomic E-state index is 0.0107. The fourth-order valence-corrected chi connectivity index (χ4v) is 3.09. The van der Waals surface area contributed by atoms with E-state index in [-0.39, 0.29) is 29.3 Å². The summed E-state index contributed by atoms with van der Waals surface area (Å²) in [7, 11) is -4.03. The number of aliphatic hydroxyl groups excluding tert-OH is 1. The number of halogens is 4. The summed E-state index contributed by atoms with van der Waals surface area (Å²) in [5, 5.41) is 25.4. The van der Waals surface area contributed by atoms with Crippen LogP contribution in [0.2, 0.25) is 0 Å². The summed E-state index contributed by atoms with van der Waals surface area (Å²) in [6.45, 7) is 0.854. The van der Waals surface area contributed by atoms with E-state index in [0.29, 0.717) is 0 Å². The van der Waals surface area contributed by atoms with Crippen molar-refractivity contribution < 1.29 is 35.8 Å². The lowest BCUT2D eigenvalue weighted by molar-refractivity contribution is -0.274. The topological polar surface area (TPSA) is 146 Å². The predicted molar refractivity (Wildman–Crippen MR) is 101 cm³/mol. The average Bonchev–Trinajstić information content (AvgIpc) is 3.16. The van der Waals surface area contributed by atoms with Gasteiger partial charge in [-0.05, 0) is 42.5 Å². The van der Waals surface area contributed by atoms with Gasteiger partial charge in [0.05, 0.1) is 12.2 Å². The lowest BCUT2D eigenvalue weighted by Gasteiger charge is -2.16. The molecule has 0 fully saturated rings. The maximum absolute atomic E-state index is 14.0. The first-order valence-corrected chi connectivity index (χ1v) is 10.4. The van der Waals surface area contributed by atoms with Crippen LogP contribution >= 0.6 is 0 Å². The SMILES string of the molecule is CC(C(O)c1cccc(-c2nnn(Cc3cc(OC(F)(F)F)ccc3F)n2)n1)S(N)(=O)=O. The van der Waals surface area contributed by atoms with Crippen LogP contribution in [0.1, 0.15) is 24.3 Å². The van der Waals surface area contributed by atoms with E-state index in [0.717, 1.165) is 23.0 Å². The van der Waals surface area contributed by atoms with Crippen molar-refractivity contribution in [1.29, 1.82) is 0 Å². The summed E-state index contributed by atoms with van der Waals surface area (Å²) >= 11 is 0. The van der Waals surface area contributed by atoms with Crippen molar-refractivity contribution in [3.05, 3.63) is 53.5 Å². The van der Waals surface area contributed by atoms with Crippen molar-refractivity contribution in [3.8, 4) is 17.3 Å². The second kappa shape index (κ2) is 8.76. The predicted octanol–water partition coefficient (Wildman–Crippen LogP) is 1.53. The van der Waals surface area contributed by atoms with Crippen molar-refractivity contribution in [1.82, 2.24) is 25.2 Å². The highest BCUT2D eigenvalue weighted by Gasteiger charge is 2.31. The third-order valence-corrected chi connectivity index (χ3v) is 5.58. The Balaban J connectivity index is 1.82. The Morgan fingerprint density at radius 2 is 1.97 bits per heavy atom. The number of nitrogens with two attached hydrogens (primary N) is 1. The molecule has 0 bridgehead atoms. The van der Waals surface area contributed by atoms with Crippen LogP contribution in [0.3, 0.4) is 0 Å². The first kappa shape index (κ1) is 23.5. The van der Waals surface area contributed by atoms with Gasteiger partial charge in [0, 0.05) is 5.56 Å². The highest BCUT2D eigenvalue weighted by atomic mass is 32.2. The minimum atomic E-state index is -4.93. The number of primary sulfonamides is 1. The number of alkyl halides is 3. The van der Waals surface area contributed by atoms with E-state index >= 15 is 0 Å². The van der Waals surface area contributed by atoms with Crippen LogP contribution in [-0.2, 0) is 16.6 Å². The molecule has 0 aliphatic carbocycles. The number of sulfonamides is 1. The van der Waals surface area contributed by atoms with Crippen LogP contribution < -0.4 is 9.88 Å². The van der Waals surface area contributed by atoms with Gasteiger partial charge in [-0.2, -0.15) is 4.80 Å². The molecule has 10 nitrogen and oxygen atoms in total. The smallest absolute Gasteiger partial charge is 0.406 e. The van der Waals surface area contributed by atoms with E-state index in [1.807, 2.05) is 0 Å². The second-order valence-electron chi connectivity index (χ2n) is 6.63. The Labute approximate surface area is 178 Å². The van der Waals surface area contributed by atoms with E-state index in [1.54, 1.807) is 0 Å². The number of ether oxygens (including phenoxy) is 1. The molecule has 0 saturated carbocycles. The zero-order valence-electron chi connectivity index (χ0n) is 16.2. The molecule has 0 radical (unpaired) electrons. The zero-order valence-corrected chi connectivity index (χ0v) is 17.0. The van der Waals surface area contributed by atoms with Crippen molar-refractivity contribution in [3.63, 3.8) is 0 Å². The third-order valence-electron chi connectivity index (χ3n) is 4.28. The Bertz CT molecular complexity index is 1220. The summed E-state index contributed by atoms with van der Waals surface area (Å²) in [4.78, 5) is 5.02. The zero-order chi connectivity index (χ0) is 23.7. The average molecular weight is 476 g/mol. The van der Waals surface area contributed by atoms with Gasteiger partial charge in [-0.15, -0.1) is 23.4 Å². The molecule has 3 N–H and O–H groups in total. The van der Waals surface area contributed by atoms with Crippen molar-refractivity contribution >= 4 is 10.0 Å². The summed E-state index contributed by atoms with van der Waals surface area (Å²) < 4.78 is 77.8. The molecule has 2 heterocycles. The maximum Gasteiger partial charge on any atom is 0.573 e. The Morgan fingerprint density at radius 3 is 2.62 bits per heavy atom. The first-order valence-electron chi connectivity index (χ1n) is 8.82. The first-order chi connectivity index (χ1) is 14.8. The van der Waals surface area contributed by atoms with Crippen molar-refractivity contribution in [2.75, 3.05) is 0 Å². The molecule has 2 unspecified atom stereocenters. The highest BCUT2D eigenvalue weighted by molar-refractivity contribution is 7.89. The summed E-state index contributed by atoms with van der Waals surface area (Å²) in [6, 6.07) is 6.80. The molecular formula is C17H16F4N6O4S. The molecule has 172 valence electrons. The van der Waals surface area contributed by atoms with Gasteiger partial charge < -0.3 is 9.84 Å². The molecule has 3 rings (SSSR count). The van der Waals surface area contributed by atoms with Crippen LogP contribution in [0.4, 0.5) is 17.6 Å². The van der Waals surface area contributed by atoms with Crippen molar-refractivity contribution in [2.24, 2.45) is 5.14 Å². The Hall–Kier alpha value is -3.17. The fraction of sp³-hybridized carbons (Fsp3) is 0.294. The Kier molecular flexibility index (Phi) is 6.43. The van der Waals surface area contributed by atoms with Gasteiger partial charge >= 0.3 is 6.36 Å². The van der Waals surface area contributed by atoms with Crippen LogP contribution in [0.15, 0.2) is 36.4 Å². The molecule has 2 aromatic heterocycles. The molecule has 1 aromatic carbocycles. The van der Waals surface area contributed by atoms with Gasteiger partial charge in [0.2, 0.25) is 15.8 Å². The van der Waals surface area contributed by atoms with Gasteiger partial charge in [-0.3, -0.25) is 0 Å². The summed E-state index contributed by atoms with van der Waals surface area (Å²) in [6.07, 6.45) is -6.46. The van der Waals surface area contributed by atoms with Crippen LogP contribution in [0, 0.1) is 5.82 Å². The quantitative estimate of drug-likeness (QED) is 0.488. The van der Waals surface area contributed by atoms with E-state index in [9.17, 15) is 31.1 Å². The monoisotopic (exact) mass is 476 g/mol. The van der Waals surface area contributed by atoms with Gasteiger partial charge in [-0.25, -0.2) is 22.9 Å². The van der Waals surface area contributed by atoms with Gasteiger partial charge in [-0.1, -0.05) is 6.07 Å². The van der Waals surface area contributed by atoms with E-state index in [1.165, 1.54) is 25.1 Å². The number of hydrogen-bond acceptors (Lipinski definition) is 8. The van der Waals surface area contributed by atoms with Crippen LogP contribution in [0.25, 0.3) is 11.5 Å².